The second-order valence-electron chi connectivity index (χ2n) is 5.78. The molecule has 0 aliphatic carbocycles. The van der Waals surface area contributed by atoms with E-state index in [0.717, 1.165) is 18.5 Å². The van der Waals surface area contributed by atoms with E-state index in [1.165, 1.54) is 5.56 Å². The third-order valence-corrected chi connectivity index (χ3v) is 2.77. The van der Waals surface area contributed by atoms with E-state index in [1.54, 1.807) is 0 Å². The zero-order valence-corrected chi connectivity index (χ0v) is 12.2. The van der Waals surface area contributed by atoms with E-state index < -0.39 is 0 Å². The number of rotatable bonds is 5. The Morgan fingerprint density at radius 3 is 2.67 bits per heavy atom. The van der Waals surface area contributed by atoms with Gasteiger partial charge in [0.2, 0.25) is 5.91 Å². The second kappa shape index (κ2) is 6.79. The number of aryl methyl sites for hydroxylation is 1. The molecule has 1 aromatic carbocycles. The first kappa shape index (κ1) is 15.0. The minimum atomic E-state index is 0.0142. The van der Waals surface area contributed by atoms with E-state index in [9.17, 15) is 4.79 Å². The van der Waals surface area contributed by atoms with Gasteiger partial charge >= 0.3 is 0 Å². The number of carbonyl (C=O) groups excluding carboxylic acids is 1. The summed E-state index contributed by atoms with van der Waals surface area (Å²) < 4.78 is 0. The molecule has 1 N–H and O–H groups in total. The van der Waals surface area contributed by atoms with Gasteiger partial charge in [-0.3, -0.25) is 4.79 Å². The molecule has 0 aromatic heterocycles. The molecule has 0 fully saturated rings. The average molecular weight is 268 g/mol. The lowest BCUT2D eigenvalue weighted by molar-refractivity contribution is -0.117. The highest BCUT2D eigenvalue weighted by Crippen LogP contribution is 2.20. The Morgan fingerprint density at radius 1 is 1.33 bits per heavy atom. The van der Waals surface area contributed by atoms with Crippen molar-refractivity contribution in [3.05, 3.63) is 29.8 Å². The minimum absolute atomic E-state index is 0.0142. The first-order valence-electron chi connectivity index (χ1n) is 6.35. The van der Waals surface area contributed by atoms with Crippen LogP contribution in [-0.2, 0) is 11.2 Å². The van der Waals surface area contributed by atoms with Crippen molar-refractivity contribution < 1.29 is 4.79 Å². The molecule has 0 saturated heterocycles. The van der Waals surface area contributed by atoms with Gasteiger partial charge in [-0.05, 0) is 36.0 Å². The van der Waals surface area contributed by atoms with Crippen LogP contribution in [0, 0.1) is 5.41 Å². The lowest BCUT2D eigenvalue weighted by Gasteiger charge is -2.17. The van der Waals surface area contributed by atoms with Crippen LogP contribution in [-0.4, -0.2) is 11.8 Å². The molecule has 0 atom stereocenters. The van der Waals surface area contributed by atoms with E-state index in [4.69, 9.17) is 11.6 Å². The summed E-state index contributed by atoms with van der Waals surface area (Å²) in [6.07, 6.45) is 2.44. The summed E-state index contributed by atoms with van der Waals surface area (Å²) in [7, 11) is 0. The van der Waals surface area contributed by atoms with Gasteiger partial charge in [0, 0.05) is 18.0 Å². The maximum atomic E-state index is 11.8. The van der Waals surface area contributed by atoms with Crippen LogP contribution in [0.2, 0.25) is 0 Å². The number of alkyl halides is 1. The van der Waals surface area contributed by atoms with Gasteiger partial charge in [0.15, 0.2) is 0 Å². The normalized spacial score (nSPS) is 11.3. The molecule has 1 rings (SSSR count). The molecule has 0 spiro atoms. The number of carbonyl (C=O) groups is 1. The van der Waals surface area contributed by atoms with Gasteiger partial charge in [-0.15, -0.1) is 11.6 Å². The molecular weight excluding hydrogens is 246 g/mol. The Morgan fingerprint density at radius 2 is 2.06 bits per heavy atom. The lowest BCUT2D eigenvalue weighted by atomic mass is 9.92. The summed E-state index contributed by atoms with van der Waals surface area (Å²) in [4.78, 5) is 11.8. The molecule has 0 unspecified atom stereocenters. The fourth-order valence-corrected chi connectivity index (χ4v) is 1.90. The molecule has 100 valence electrons. The van der Waals surface area contributed by atoms with Crippen LogP contribution >= 0.6 is 11.6 Å². The smallest absolute Gasteiger partial charge is 0.224 e. The molecule has 3 heteroatoms. The van der Waals surface area contributed by atoms with Crippen molar-refractivity contribution in [1.82, 2.24) is 0 Å². The summed E-state index contributed by atoms with van der Waals surface area (Å²) in [5.74, 6) is 0.734. The molecule has 0 saturated carbocycles. The number of halogens is 1. The SMILES string of the molecule is CC(C)(C)CC(=O)Nc1cccc(CCCCl)c1. The maximum Gasteiger partial charge on any atom is 0.224 e. The van der Waals surface area contributed by atoms with Gasteiger partial charge in [-0.25, -0.2) is 0 Å². The van der Waals surface area contributed by atoms with Gasteiger partial charge in [0.1, 0.15) is 0 Å². The van der Waals surface area contributed by atoms with Crippen LogP contribution < -0.4 is 5.32 Å². The molecular formula is C15H22ClNO. The highest BCUT2D eigenvalue weighted by Gasteiger charge is 2.15. The van der Waals surface area contributed by atoms with Crippen LogP contribution in [0.3, 0.4) is 0 Å². The van der Waals surface area contributed by atoms with Crippen molar-refractivity contribution in [3.63, 3.8) is 0 Å². The van der Waals surface area contributed by atoms with Crippen molar-refractivity contribution in [2.75, 3.05) is 11.2 Å². The van der Waals surface area contributed by atoms with E-state index in [1.807, 2.05) is 18.2 Å². The lowest BCUT2D eigenvalue weighted by Crippen LogP contribution is -2.19. The summed E-state index contributed by atoms with van der Waals surface area (Å²) in [6.45, 7) is 6.18. The van der Waals surface area contributed by atoms with Gasteiger partial charge in [-0.1, -0.05) is 32.9 Å². The Bertz CT molecular complexity index is 396. The Labute approximate surface area is 115 Å². The first-order chi connectivity index (χ1) is 8.40. The number of anilines is 1. The largest absolute Gasteiger partial charge is 0.326 e. The van der Waals surface area contributed by atoms with Crippen molar-refractivity contribution >= 4 is 23.2 Å². The molecule has 18 heavy (non-hydrogen) atoms. The summed E-state index contributed by atoms with van der Waals surface area (Å²) >= 11 is 5.68. The van der Waals surface area contributed by atoms with Crippen molar-refractivity contribution in [2.45, 2.75) is 40.0 Å². The summed E-state index contributed by atoms with van der Waals surface area (Å²) in [6, 6.07) is 7.97. The Hall–Kier alpha value is -1.02. The predicted molar refractivity (Wildman–Crippen MR) is 78.2 cm³/mol. The Balaban J connectivity index is 2.59. The summed E-state index contributed by atoms with van der Waals surface area (Å²) in [5, 5.41) is 2.94. The number of hydrogen-bond donors (Lipinski definition) is 1. The van der Waals surface area contributed by atoms with Gasteiger partial charge in [0.25, 0.3) is 0 Å². The van der Waals surface area contributed by atoms with Crippen LogP contribution in [0.5, 0.6) is 0 Å². The predicted octanol–water partition coefficient (Wildman–Crippen LogP) is 4.23. The van der Waals surface area contributed by atoms with Gasteiger partial charge in [0.05, 0.1) is 0 Å². The average Bonchev–Trinajstić information content (AvgIpc) is 2.24. The number of nitrogens with one attached hydrogen (secondary N) is 1. The topological polar surface area (TPSA) is 29.1 Å². The van der Waals surface area contributed by atoms with Crippen LogP contribution in [0.25, 0.3) is 0 Å². The van der Waals surface area contributed by atoms with Crippen LogP contribution in [0.1, 0.15) is 39.2 Å². The third-order valence-electron chi connectivity index (χ3n) is 2.50. The zero-order valence-electron chi connectivity index (χ0n) is 11.4. The third kappa shape index (κ3) is 6.06. The highest BCUT2D eigenvalue weighted by atomic mass is 35.5. The quantitative estimate of drug-likeness (QED) is 0.795. The molecule has 2 nitrogen and oxygen atoms in total. The number of hydrogen-bond acceptors (Lipinski definition) is 1. The van der Waals surface area contributed by atoms with Crippen molar-refractivity contribution in [2.24, 2.45) is 5.41 Å². The monoisotopic (exact) mass is 267 g/mol. The maximum absolute atomic E-state index is 11.8. The number of benzene rings is 1. The van der Waals surface area contributed by atoms with E-state index in [-0.39, 0.29) is 11.3 Å². The summed E-state index contributed by atoms with van der Waals surface area (Å²) in [5.41, 5.74) is 2.10. The zero-order chi connectivity index (χ0) is 13.6. The Kier molecular flexibility index (Phi) is 5.67. The highest BCUT2D eigenvalue weighted by molar-refractivity contribution is 6.17. The first-order valence-corrected chi connectivity index (χ1v) is 6.89. The molecule has 0 radical (unpaired) electrons. The van der Waals surface area contributed by atoms with E-state index in [2.05, 4.69) is 32.2 Å². The van der Waals surface area contributed by atoms with Crippen LogP contribution in [0.4, 0.5) is 5.69 Å². The fraction of sp³-hybridized carbons (Fsp3) is 0.533. The second-order valence-corrected chi connectivity index (χ2v) is 6.16. The molecule has 0 aliphatic heterocycles. The standard InChI is InChI=1S/C15H22ClNO/c1-15(2,3)11-14(18)17-13-8-4-6-12(10-13)7-5-9-16/h4,6,8,10H,5,7,9,11H2,1-3H3,(H,17,18). The molecule has 1 aromatic rings. The van der Waals surface area contributed by atoms with Crippen molar-refractivity contribution in [3.8, 4) is 0 Å². The van der Waals surface area contributed by atoms with E-state index >= 15 is 0 Å². The number of amides is 1. The van der Waals surface area contributed by atoms with E-state index in [0.29, 0.717) is 12.3 Å². The van der Waals surface area contributed by atoms with Gasteiger partial charge < -0.3 is 5.32 Å². The minimum Gasteiger partial charge on any atom is -0.326 e. The molecule has 0 aliphatic rings. The van der Waals surface area contributed by atoms with Crippen molar-refractivity contribution in [1.29, 1.82) is 0 Å². The molecule has 0 heterocycles. The molecule has 1 amide bonds. The van der Waals surface area contributed by atoms with Gasteiger partial charge in [-0.2, -0.15) is 0 Å². The fourth-order valence-electron chi connectivity index (χ4n) is 1.76. The van der Waals surface area contributed by atoms with Crippen LogP contribution in [0.15, 0.2) is 24.3 Å². The molecule has 0 bridgehead atoms.